The molecule has 1 aromatic heterocycles. The van der Waals surface area contributed by atoms with Gasteiger partial charge in [0.2, 0.25) is 0 Å². The zero-order valence-corrected chi connectivity index (χ0v) is 24.6. The summed E-state index contributed by atoms with van der Waals surface area (Å²) in [4.78, 5) is 13.1. The van der Waals surface area contributed by atoms with E-state index in [0.29, 0.717) is 41.0 Å². The first-order valence-electron chi connectivity index (χ1n) is 13.5. The smallest absolute Gasteiger partial charge is 0.255 e. The van der Waals surface area contributed by atoms with Gasteiger partial charge in [0.05, 0.1) is 17.9 Å². The molecule has 6 nitrogen and oxygen atoms in total. The van der Waals surface area contributed by atoms with Crippen LogP contribution in [-0.4, -0.2) is 36.6 Å². The van der Waals surface area contributed by atoms with Crippen molar-refractivity contribution in [2.24, 2.45) is 0 Å². The number of anilines is 1. The molecule has 1 unspecified atom stereocenters. The first kappa shape index (κ1) is 29.8. The molecule has 1 heterocycles. The number of hydrogen-bond acceptors (Lipinski definition) is 4. The van der Waals surface area contributed by atoms with Crippen LogP contribution in [0.15, 0.2) is 95.1 Å². The summed E-state index contributed by atoms with van der Waals surface area (Å²) in [6.45, 7) is 4.96. The number of rotatable bonds is 12. The van der Waals surface area contributed by atoms with Gasteiger partial charge in [0.25, 0.3) is 5.91 Å². The Hall–Kier alpha value is -4.17. The molecule has 0 spiro atoms. The molecular formula is C33H35FN2O4S. The molecule has 4 rings (SSSR count). The van der Waals surface area contributed by atoms with E-state index >= 15 is 0 Å². The zero-order valence-electron chi connectivity index (χ0n) is 23.8. The number of nitrogens with one attached hydrogen (secondary N) is 1. The number of carbonyl (C=O) groups is 1. The summed E-state index contributed by atoms with van der Waals surface area (Å²) in [5.74, 6) is 0.471. The van der Waals surface area contributed by atoms with Crippen LogP contribution < -0.4 is 9.62 Å². The lowest BCUT2D eigenvalue weighted by Gasteiger charge is -2.25. The fourth-order valence-corrected chi connectivity index (χ4v) is 5.48. The van der Waals surface area contributed by atoms with Gasteiger partial charge >= 0.3 is 0 Å². The Labute approximate surface area is 243 Å². The van der Waals surface area contributed by atoms with Gasteiger partial charge in [-0.15, -0.1) is 0 Å². The number of unbranched alkanes of at least 4 members (excludes halogenated alkanes) is 1. The van der Waals surface area contributed by atoms with E-state index in [1.54, 1.807) is 25.4 Å². The average Bonchev–Trinajstić information content (AvgIpc) is 3.36. The minimum Gasteiger partial charge on any atom is -0.494 e. The Morgan fingerprint density at radius 1 is 1.05 bits per heavy atom. The Balaban J connectivity index is 1.78. The van der Waals surface area contributed by atoms with E-state index < -0.39 is 11.0 Å². The van der Waals surface area contributed by atoms with Crippen molar-refractivity contribution in [3.63, 3.8) is 0 Å². The van der Waals surface area contributed by atoms with Gasteiger partial charge in [0, 0.05) is 42.4 Å². The number of amides is 1. The van der Waals surface area contributed by atoms with Crippen molar-refractivity contribution in [1.29, 1.82) is 0 Å². The van der Waals surface area contributed by atoms with Crippen LogP contribution >= 0.6 is 0 Å². The Bertz CT molecular complexity index is 1580. The summed E-state index contributed by atoms with van der Waals surface area (Å²) in [6.07, 6.45) is 8.96. The van der Waals surface area contributed by atoms with Crippen molar-refractivity contribution in [2.75, 3.05) is 30.8 Å². The maximum absolute atomic E-state index is 13.7. The number of allylic oxidation sites excluding steroid dienone is 3. The normalized spacial score (nSPS) is 12.6. The van der Waals surface area contributed by atoms with Crippen molar-refractivity contribution in [3.05, 3.63) is 102 Å². The van der Waals surface area contributed by atoms with Gasteiger partial charge in [0.15, 0.2) is 0 Å². The van der Waals surface area contributed by atoms with Gasteiger partial charge in [-0.3, -0.25) is 9.10 Å². The molecule has 4 aromatic rings. The number of ether oxygens (including phenoxy) is 1. The van der Waals surface area contributed by atoms with Gasteiger partial charge in [-0.25, -0.2) is 8.60 Å². The molecule has 0 saturated heterocycles. The van der Waals surface area contributed by atoms with E-state index in [0.717, 1.165) is 35.4 Å². The summed E-state index contributed by atoms with van der Waals surface area (Å²) in [5, 5.41) is 3.32. The van der Waals surface area contributed by atoms with Crippen LogP contribution in [0.4, 0.5) is 10.1 Å². The molecule has 0 aliphatic carbocycles. The Kier molecular flexibility index (Phi) is 10.1. The molecule has 1 amide bonds. The molecule has 3 aromatic carbocycles. The molecule has 1 atom stereocenters. The van der Waals surface area contributed by atoms with E-state index in [1.165, 1.54) is 12.1 Å². The third-order valence-electron chi connectivity index (χ3n) is 6.67. The summed E-state index contributed by atoms with van der Waals surface area (Å²) in [6, 6.07) is 19.4. The van der Waals surface area contributed by atoms with Crippen molar-refractivity contribution in [3.8, 4) is 22.5 Å². The first-order chi connectivity index (χ1) is 19.9. The molecule has 0 radical (unpaired) electrons. The highest BCUT2D eigenvalue weighted by atomic mass is 32.2. The molecule has 8 heteroatoms. The van der Waals surface area contributed by atoms with Crippen LogP contribution in [0.2, 0.25) is 0 Å². The van der Waals surface area contributed by atoms with Gasteiger partial charge in [-0.1, -0.05) is 36.4 Å². The topological polar surface area (TPSA) is 71.8 Å². The zero-order chi connectivity index (χ0) is 29.4. The molecule has 41 heavy (non-hydrogen) atoms. The minimum atomic E-state index is -1.34. The molecule has 0 aliphatic heterocycles. The first-order valence-corrected chi connectivity index (χ1v) is 15.1. The summed E-state index contributed by atoms with van der Waals surface area (Å²) >= 11 is 0. The summed E-state index contributed by atoms with van der Waals surface area (Å²) < 4.78 is 40.7. The van der Waals surface area contributed by atoms with Crippen molar-refractivity contribution in [2.45, 2.75) is 26.7 Å². The lowest BCUT2D eigenvalue weighted by molar-refractivity contribution is 0.0964. The number of carbonyl (C=O) groups excluding carboxylic acids is 1. The molecule has 0 fully saturated rings. The quantitative estimate of drug-likeness (QED) is 0.107. The highest BCUT2D eigenvalue weighted by molar-refractivity contribution is 7.85. The average molecular weight is 575 g/mol. The number of furan rings is 1. The monoisotopic (exact) mass is 574 g/mol. The summed E-state index contributed by atoms with van der Waals surface area (Å²) in [7, 11) is 0.221. The minimum absolute atomic E-state index is 0.316. The van der Waals surface area contributed by atoms with E-state index in [9.17, 15) is 13.4 Å². The standard InChI is InChI=1S/C33H35FN2O4S/c1-5-12-26(6-2)39-20-11-10-19-36(41(4)38)29-22-30-28(21-27(29)23-13-8-7-9-14-23)31(33(37)35-3)32(40-30)24-15-17-25(34)18-16-24/h5-9,12-18,21-22H,10-11,19-20H2,1-4H3,(H,35,37)/b12-5-,26-6+. The maximum Gasteiger partial charge on any atom is 0.255 e. The molecule has 0 bridgehead atoms. The van der Waals surface area contributed by atoms with Crippen LogP contribution in [-0.2, 0) is 15.7 Å². The SMILES string of the molecule is C/C=C\C(=C/C)OCCCCN(c1cc2oc(-c3ccc(F)cc3)c(C(=O)NC)c2cc1-c1ccccc1)S(C)=O. The van der Waals surface area contributed by atoms with Crippen LogP contribution in [0, 0.1) is 5.82 Å². The van der Waals surface area contributed by atoms with E-state index in [4.69, 9.17) is 9.15 Å². The molecule has 0 saturated carbocycles. The van der Waals surface area contributed by atoms with Crippen LogP contribution in [0.3, 0.4) is 0 Å². The van der Waals surface area contributed by atoms with Gasteiger partial charge in [0.1, 0.15) is 33.9 Å². The predicted octanol–water partition coefficient (Wildman–Crippen LogP) is 7.64. The van der Waals surface area contributed by atoms with Crippen LogP contribution in [0.1, 0.15) is 37.0 Å². The maximum atomic E-state index is 13.7. The largest absolute Gasteiger partial charge is 0.494 e. The van der Waals surface area contributed by atoms with Crippen LogP contribution in [0.5, 0.6) is 0 Å². The number of nitrogens with zero attached hydrogens (tertiary/aromatic N) is 1. The Morgan fingerprint density at radius 2 is 1.78 bits per heavy atom. The highest BCUT2D eigenvalue weighted by Crippen LogP contribution is 2.41. The fraction of sp³-hybridized carbons (Fsp3) is 0.242. The third-order valence-corrected chi connectivity index (χ3v) is 7.67. The van der Waals surface area contributed by atoms with E-state index in [2.05, 4.69) is 5.32 Å². The third kappa shape index (κ3) is 6.95. The highest BCUT2D eigenvalue weighted by Gasteiger charge is 2.25. The van der Waals surface area contributed by atoms with Gasteiger partial charge in [-0.2, -0.15) is 0 Å². The lowest BCUT2D eigenvalue weighted by atomic mass is 9.98. The number of halogens is 1. The van der Waals surface area contributed by atoms with E-state index in [-0.39, 0.29) is 11.7 Å². The molecule has 214 valence electrons. The fourth-order valence-electron chi connectivity index (χ4n) is 4.67. The second kappa shape index (κ2) is 13.9. The molecular weight excluding hydrogens is 539 g/mol. The van der Waals surface area contributed by atoms with Gasteiger partial charge < -0.3 is 14.5 Å². The van der Waals surface area contributed by atoms with Crippen molar-refractivity contribution in [1.82, 2.24) is 5.32 Å². The van der Waals surface area contributed by atoms with Gasteiger partial charge in [-0.05, 0) is 74.7 Å². The number of fused-ring (bicyclic) bond motifs is 1. The number of hydrogen-bond donors (Lipinski definition) is 1. The predicted molar refractivity (Wildman–Crippen MR) is 166 cm³/mol. The Morgan fingerprint density at radius 3 is 2.41 bits per heavy atom. The van der Waals surface area contributed by atoms with Crippen LogP contribution in [0.25, 0.3) is 33.4 Å². The van der Waals surface area contributed by atoms with E-state index in [1.807, 2.05) is 78.8 Å². The number of benzene rings is 3. The summed E-state index contributed by atoms with van der Waals surface area (Å²) in [5.41, 5.74) is 3.89. The van der Waals surface area contributed by atoms with Crippen molar-refractivity contribution < 1.29 is 22.5 Å². The van der Waals surface area contributed by atoms with Crippen molar-refractivity contribution >= 4 is 33.5 Å². The molecule has 1 N–H and O–H groups in total. The molecule has 0 aliphatic rings. The second-order valence-corrected chi connectivity index (χ2v) is 10.7. The second-order valence-electron chi connectivity index (χ2n) is 9.40. The lowest BCUT2D eigenvalue weighted by Crippen LogP contribution is -2.27.